The molecule has 1 aliphatic rings. The average molecular weight is 427 g/mol. The molecule has 0 bridgehead atoms. The Hall–Kier alpha value is -3.64. The number of hydrogen-bond donors (Lipinski definition) is 2. The van der Waals surface area contributed by atoms with Crippen molar-refractivity contribution in [3.05, 3.63) is 64.3 Å². The Labute approximate surface area is 176 Å². The van der Waals surface area contributed by atoms with E-state index >= 15 is 0 Å². The number of benzene rings is 1. The van der Waals surface area contributed by atoms with Crippen LogP contribution in [0.2, 0.25) is 5.02 Å². The molecule has 10 heteroatoms. The molecule has 30 heavy (non-hydrogen) atoms. The van der Waals surface area contributed by atoms with Gasteiger partial charge in [0, 0.05) is 17.4 Å². The number of urea groups is 1. The minimum Gasteiger partial charge on any atom is -0.476 e. The molecule has 0 spiro atoms. The van der Waals surface area contributed by atoms with Crippen molar-refractivity contribution in [2.45, 2.75) is 19.4 Å². The van der Waals surface area contributed by atoms with E-state index in [0.717, 1.165) is 24.1 Å². The molecule has 8 nitrogen and oxygen atoms in total. The number of aromatic amines is 1. The maximum Gasteiger partial charge on any atom is 0.326 e. The van der Waals surface area contributed by atoms with Crippen molar-refractivity contribution in [3.63, 3.8) is 0 Å². The Bertz CT molecular complexity index is 1140. The van der Waals surface area contributed by atoms with Crippen molar-refractivity contribution >= 4 is 29.0 Å². The van der Waals surface area contributed by atoms with Gasteiger partial charge in [-0.15, -0.1) is 5.10 Å². The van der Waals surface area contributed by atoms with Crippen LogP contribution in [0.15, 0.2) is 36.7 Å². The van der Waals surface area contributed by atoms with E-state index < -0.39 is 11.8 Å². The van der Waals surface area contributed by atoms with Gasteiger partial charge in [0.05, 0.1) is 41.3 Å². The Morgan fingerprint density at radius 2 is 2.27 bits per heavy atom. The van der Waals surface area contributed by atoms with Gasteiger partial charge < -0.3 is 10.1 Å². The standard InChI is InChI=1S/C20H16ClFN6O2/c21-16-7-13(3-4-17(16)22)25-20(29)28(14-6-12(8-23)9-24-10-14)11-18-15-2-1-5-30-19(15)27-26-18/h3-4,6-7,9-10H,1-2,5,11H2,(H,25,29)(H,26,27). The summed E-state index contributed by atoms with van der Waals surface area (Å²) in [6, 6.07) is 6.97. The molecule has 0 radical (unpaired) electrons. The van der Waals surface area contributed by atoms with Crippen LogP contribution in [0.3, 0.4) is 0 Å². The first kappa shape index (κ1) is 19.7. The number of anilines is 2. The van der Waals surface area contributed by atoms with Gasteiger partial charge in [0.2, 0.25) is 5.88 Å². The number of carbonyl (C=O) groups is 1. The SMILES string of the molecule is N#Cc1cncc(N(Cc2[nH]nc3c2CCCO3)C(=O)Nc2ccc(F)c(Cl)c2)c1. The van der Waals surface area contributed by atoms with E-state index in [1.165, 1.54) is 35.5 Å². The number of halogens is 2. The molecule has 0 saturated heterocycles. The van der Waals surface area contributed by atoms with Gasteiger partial charge in [0.1, 0.15) is 11.9 Å². The summed E-state index contributed by atoms with van der Waals surface area (Å²) in [5, 5.41) is 18.9. The van der Waals surface area contributed by atoms with Crippen LogP contribution in [0.25, 0.3) is 0 Å². The maximum atomic E-state index is 13.4. The van der Waals surface area contributed by atoms with Crippen LogP contribution in [0.4, 0.5) is 20.6 Å². The summed E-state index contributed by atoms with van der Waals surface area (Å²) in [6.45, 7) is 0.740. The maximum absolute atomic E-state index is 13.4. The quantitative estimate of drug-likeness (QED) is 0.654. The Kier molecular flexibility index (Phi) is 5.50. The minimum absolute atomic E-state index is 0.104. The van der Waals surface area contributed by atoms with Gasteiger partial charge in [-0.25, -0.2) is 9.18 Å². The third kappa shape index (κ3) is 4.04. The van der Waals surface area contributed by atoms with Crippen LogP contribution >= 0.6 is 11.6 Å². The number of aromatic nitrogens is 3. The highest BCUT2D eigenvalue weighted by Crippen LogP contribution is 2.28. The summed E-state index contributed by atoms with van der Waals surface area (Å²) >= 11 is 5.81. The highest BCUT2D eigenvalue weighted by molar-refractivity contribution is 6.31. The summed E-state index contributed by atoms with van der Waals surface area (Å²) in [5.74, 6) is -0.0487. The van der Waals surface area contributed by atoms with Crippen molar-refractivity contribution in [2.75, 3.05) is 16.8 Å². The van der Waals surface area contributed by atoms with Gasteiger partial charge in [-0.3, -0.25) is 15.0 Å². The molecule has 4 rings (SSSR count). The lowest BCUT2D eigenvalue weighted by atomic mass is 10.1. The molecular weight excluding hydrogens is 411 g/mol. The summed E-state index contributed by atoms with van der Waals surface area (Å²) in [5.41, 5.74) is 2.69. The van der Waals surface area contributed by atoms with Crippen molar-refractivity contribution in [3.8, 4) is 11.9 Å². The number of rotatable bonds is 4. The number of nitrogens with zero attached hydrogens (tertiary/aromatic N) is 4. The highest BCUT2D eigenvalue weighted by atomic mass is 35.5. The number of fused-ring (bicyclic) bond motifs is 1. The van der Waals surface area contributed by atoms with Gasteiger partial charge in [-0.2, -0.15) is 5.26 Å². The zero-order valence-electron chi connectivity index (χ0n) is 15.7. The Balaban J connectivity index is 1.66. The third-order valence-electron chi connectivity index (χ3n) is 4.62. The van der Waals surface area contributed by atoms with Crippen molar-refractivity contribution in [2.24, 2.45) is 0 Å². The lowest BCUT2D eigenvalue weighted by Crippen LogP contribution is -2.35. The number of carbonyl (C=O) groups excluding carboxylic acids is 1. The van der Waals surface area contributed by atoms with Crippen LogP contribution in [-0.2, 0) is 13.0 Å². The third-order valence-corrected chi connectivity index (χ3v) is 4.91. The molecule has 1 aliphatic heterocycles. The van der Waals surface area contributed by atoms with E-state index in [-0.39, 0.29) is 11.6 Å². The lowest BCUT2D eigenvalue weighted by molar-refractivity contribution is 0.256. The molecule has 3 aromatic rings. The topological polar surface area (TPSA) is 107 Å². The van der Waals surface area contributed by atoms with Gasteiger partial charge in [0.25, 0.3) is 0 Å². The summed E-state index contributed by atoms with van der Waals surface area (Å²) in [7, 11) is 0. The second-order valence-electron chi connectivity index (χ2n) is 6.63. The Morgan fingerprint density at radius 3 is 3.07 bits per heavy atom. The first-order valence-corrected chi connectivity index (χ1v) is 9.50. The molecule has 2 aromatic heterocycles. The van der Waals surface area contributed by atoms with Gasteiger partial charge in [-0.1, -0.05) is 11.6 Å². The van der Waals surface area contributed by atoms with Crippen LogP contribution in [-0.4, -0.2) is 27.8 Å². The molecule has 0 saturated carbocycles. The normalized spacial score (nSPS) is 12.4. The molecule has 2 N–H and O–H groups in total. The zero-order chi connectivity index (χ0) is 21.1. The number of pyridine rings is 1. The second-order valence-corrected chi connectivity index (χ2v) is 7.03. The fraction of sp³-hybridized carbons (Fsp3) is 0.200. The van der Waals surface area contributed by atoms with Crippen LogP contribution in [0.5, 0.6) is 5.88 Å². The molecule has 152 valence electrons. The van der Waals surface area contributed by atoms with E-state index in [1.54, 1.807) is 6.07 Å². The lowest BCUT2D eigenvalue weighted by Gasteiger charge is -2.23. The number of amides is 2. The second kappa shape index (κ2) is 8.39. The molecule has 3 heterocycles. The fourth-order valence-corrected chi connectivity index (χ4v) is 3.33. The molecule has 0 atom stereocenters. The van der Waals surface area contributed by atoms with Crippen LogP contribution < -0.4 is 15.0 Å². The van der Waals surface area contributed by atoms with Crippen LogP contribution in [0, 0.1) is 17.1 Å². The number of nitriles is 1. The Morgan fingerprint density at radius 1 is 1.40 bits per heavy atom. The monoisotopic (exact) mass is 426 g/mol. The van der Waals surface area contributed by atoms with E-state index in [9.17, 15) is 14.4 Å². The van der Waals surface area contributed by atoms with Gasteiger partial charge in [0.15, 0.2) is 0 Å². The number of H-pyrrole nitrogens is 1. The first-order chi connectivity index (χ1) is 14.5. The largest absolute Gasteiger partial charge is 0.476 e. The van der Waals surface area contributed by atoms with E-state index in [0.29, 0.717) is 29.4 Å². The number of hydrogen-bond acceptors (Lipinski definition) is 5. The highest BCUT2D eigenvalue weighted by Gasteiger charge is 2.24. The van der Waals surface area contributed by atoms with Crippen molar-refractivity contribution in [1.29, 1.82) is 5.26 Å². The average Bonchev–Trinajstić information content (AvgIpc) is 3.17. The predicted octanol–water partition coefficient (Wildman–Crippen LogP) is 4.03. The molecule has 0 fully saturated rings. The predicted molar refractivity (Wildman–Crippen MR) is 108 cm³/mol. The molecular formula is C20H16ClFN6O2. The van der Waals surface area contributed by atoms with E-state index in [4.69, 9.17) is 16.3 Å². The van der Waals surface area contributed by atoms with Crippen molar-refractivity contribution in [1.82, 2.24) is 15.2 Å². The number of nitrogens with one attached hydrogen (secondary N) is 2. The number of ether oxygens (including phenoxy) is 1. The zero-order valence-corrected chi connectivity index (χ0v) is 16.4. The molecule has 2 amide bonds. The minimum atomic E-state index is -0.582. The summed E-state index contributed by atoms with van der Waals surface area (Å²) < 4.78 is 19.0. The first-order valence-electron chi connectivity index (χ1n) is 9.13. The van der Waals surface area contributed by atoms with Crippen LogP contribution in [0.1, 0.15) is 23.2 Å². The van der Waals surface area contributed by atoms with Gasteiger partial charge >= 0.3 is 6.03 Å². The van der Waals surface area contributed by atoms with E-state index in [1.807, 2.05) is 6.07 Å². The molecule has 0 unspecified atom stereocenters. The fourth-order valence-electron chi connectivity index (χ4n) is 3.15. The van der Waals surface area contributed by atoms with E-state index in [2.05, 4.69) is 20.5 Å². The smallest absolute Gasteiger partial charge is 0.326 e. The molecule has 0 aliphatic carbocycles. The summed E-state index contributed by atoms with van der Waals surface area (Å²) in [6.07, 6.45) is 4.52. The van der Waals surface area contributed by atoms with Crippen molar-refractivity contribution < 1.29 is 13.9 Å². The van der Waals surface area contributed by atoms with Gasteiger partial charge in [-0.05, 0) is 37.1 Å². The summed E-state index contributed by atoms with van der Waals surface area (Å²) in [4.78, 5) is 18.6. The molecule has 1 aromatic carbocycles.